The van der Waals surface area contributed by atoms with Gasteiger partial charge >= 0.3 is 0 Å². The Balaban J connectivity index is 2.11. The van der Waals surface area contributed by atoms with Crippen LogP contribution >= 0.6 is 0 Å². The van der Waals surface area contributed by atoms with Crippen LogP contribution < -0.4 is 4.74 Å². The van der Waals surface area contributed by atoms with Crippen molar-refractivity contribution >= 4 is 22.9 Å². The topological polar surface area (TPSA) is 9.23 Å². The molecule has 0 spiro atoms. The largest absolute Gasteiger partial charge is 0.456 e. The molecule has 3 aromatic rings. The minimum atomic E-state index is 0.791. The molecular weight excluding hydrogens is 256 g/mol. The number of hydrogen-bond acceptors (Lipinski definition) is 1. The molecule has 0 amide bonds. The molecule has 3 rings (SSSR count). The van der Waals surface area contributed by atoms with Crippen LogP contribution in [-0.4, -0.2) is 0 Å². The molecule has 1 heteroatoms. The maximum atomic E-state index is 6.14. The van der Waals surface area contributed by atoms with Gasteiger partial charge in [-0.05, 0) is 23.1 Å². The van der Waals surface area contributed by atoms with Crippen molar-refractivity contribution in [3.63, 3.8) is 0 Å². The van der Waals surface area contributed by atoms with Crippen molar-refractivity contribution in [2.75, 3.05) is 0 Å². The fourth-order valence-corrected chi connectivity index (χ4v) is 2.45. The third-order valence-corrected chi connectivity index (χ3v) is 3.49. The van der Waals surface area contributed by atoms with Crippen LogP contribution in [0.25, 0.3) is 22.9 Å². The highest BCUT2D eigenvalue weighted by Crippen LogP contribution is 2.33. The molecular formula is C20H16O. The lowest BCUT2D eigenvalue weighted by Crippen LogP contribution is -1.91. The van der Waals surface area contributed by atoms with Gasteiger partial charge in [0.25, 0.3) is 0 Å². The molecule has 0 atom stereocenters. The summed E-state index contributed by atoms with van der Waals surface area (Å²) in [6, 6.07) is 20.2. The predicted octanol–water partition coefficient (Wildman–Crippen LogP) is 5.92. The molecule has 0 heterocycles. The molecule has 102 valence electrons. The van der Waals surface area contributed by atoms with Crippen molar-refractivity contribution in [3.05, 3.63) is 84.9 Å². The summed E-state index contributed by atoms with van der Waals surface area (Å²) in [6.07, 6.45) is 3.62. The molecule has 0 aliphatic carbocycles. The first-order chi connectivity index (χ1) is 10.3. The Morgan fingerprint density at radius 3 is 2.24 bits per heavy atom. The van der Waals surface area contributed by atoms with Crippen LogP contribution in [0, 0.1) is 0 Å². The summed E-state index contributed by atoms with van der Waals surface area (Å²) in [5, 5.41) is 2.26. The zero-order valence-corrected chi connectivity index (χ0v) is 11.8. The summed E-state index contributed by atoms with van der Waals surface area (Å²) in [5.74, 6) is 1.64. The van der Waals surface area contributed by atoms with Gasteiger partial charge in [0.2, 0.25) is 0 Å². The van der Waals surface area contributed by atoms with E-state index in [4.69, 9.17) is 4.74 Å². The molecule has 0 fully saturated rings. The third-order valence-electron chi connectivity index (χ3n) is 3.49. The van der Waals surface area contributed by atoms with Crippen molar-refractivity contribution < 1.29 is 4.74 Å². The lowest BCUT2D eigenvalue weighted by atomic mass is 10.1. The van der Waals surface area contributed by atoms with Crippen molar-refractivity contribution in [2.45, 2.75) is 0 Å². The van der Waals surface area contributed by atoms with E-state index in [9.17, 15) is 0 Å². The van der Waals surface area contributed by atoms with Gasteiger partial charge in [-0.2, -0.15) is 0 Å². The van der Waals surface area contributed by atoms with Gasteiger partial charge in [-0.15, -0.1) is 0 Å². The van der Waals surface area contributed by atoms with E-state index in [0.29, 0.717) is 0 Å². The SMILES string of the molecule is C=Cc1cccc(Oc2cccc3ccccc23)c1C=C. The Morgan fingerprint density at radius 1 is 0.714 bits per heavy atom. The van der Waals surface area contributed by atoms with Crippen LogP contribution in [0.3, 0.4) is 0 Å². The van der Waals surface area contributed by atoms with Crippen molar-refractivity contribution in [1.82, 2.24) is 0 Å². The molecule has 0 saturated carbocycles. The normalized spacial score (nSPS) is 10.3. The van der Waals surface area contributed by atoms with Gasteiger partial charge in [-0.1, -0.05) is 73.8 Å². The van der Waals surface area contributed by atoms with Crippen molar-refractivity contribution in [2.24, 2.45) is 0 Å². The van der Waals surface area contributed by atoms with Gasteiger partial charge in [0.05, 0.1) is 0 Å². The van der Waals surface area contributed by atoms with Gasteiger partial charge in [0.1, 0.15) is 11.5 Å². The van der Waals surface area contributed by atoms with Crippen LogP contribution in [0.2, 0.25) is 0 Å². The molecule has 0 saturated heterocycles. The summed E-state index contributed by atoms with van der Waals surface area (Å²) >= 11 is 0. The Labute approximate surface area is 124 Å². The molecule has 0 radical (unpaired) electrons. The number of hydrogen-bond donors (Lipinski definition) is 0. The lowest BCUT2D eigenvalue weighted by Gasteiger charge is -2.13. The fraction of sp³-hybridized carbons (Fsp3) is 0. The molecule has 21 heavy (non-hydrogen) atoms. The van der Waals surface area contributed by atoms with Gasteiger partial charge in [0.15, 0.2) is 0 Å². The van der Waals surface area contributed by atoms with E-state index in [-0.39, 0.29) is 0 Å². The van der Waals surface area contributed by atoms with Crippen molar-refractivity contribution in [3.8, 4) is 11.5 Å². The van der Waals surface area contributed by atoms with E-state index in [1.165, 1.54) is 0 Å². The Kier molecular flexibility index (Phi) is 3.57. The zero-order valence-electron chi connectivity index (χ0n) is 11.8. The average Bonchev–Trinajstić information content (AvgIpc) is 2.55. The van der Waals surface area contributed by atoms with E-state index < -0.39 is 0 Å². The molecule has 1 nitrogen and oxygen atoms in total. The molecule has 3 aromatic carbocycles. The predicted molar refractivity (Wildman–Crippen MR) is 90.6 cm³/mol. The molecule has 0 aromatic heterocycles. The van der Waals surface area contributed by atoms with E-state index in [1.54, 1.807) is 6.08 Å². The second-order valence-corrected chi connectivity index (χ2v) is 4.75. The van der Waals surface area contributed by atoms with E-state index in [0.717, 1.165) is 33.4 Å². The molecule has 0 aliphatic rings. The zero-order chi connectivity index (χ0) is 14.7. The first kappa shape index (κ1) is 13.2. The quantitative estimate of drug-likeness (QED) is 0.573. The molecule has 0 N–H and O–H groups in total. The number of benzene rings is 3. The summed E-state index contributed by atoms with van der Waals surface area (Å²) in [4.78, 5) is 0. The third kappa shape index (κ3) is 2.46. The highest BCUT2D eigenvalue weighted by molar-refractivity contribution is 5.88. The van der Waals surface area contributed by atoms with Crippen LogP contribution in [-0.2, 0) is 0 Å². The minimum Gasteiger partial charge on any atom is -0.456 e. The van der Waals surface area contributed by atoms with Gasteiger partial charge in [-0.3, -0.25) is 0 Å². The van der Waals surface area contributed by atoms with Crippen LogP contribution in [0.5, 0.6) is 11.5 Å². The number of fused-ring (bicyclic) bond motifs is 1. The minimum absolute atomic E-state index is 0.791. The van der Waals surface area contributed by atoms with Crippen LogP contribution in [0.4, 0.5) is 0 Å². The van der Waals surface area contributed by atoms with Crippen LogP contribution in [0.15, 0.2) is 73.8 Å². The summed E-state index contributed by atoms with van der Waals surface area (Å²) < 4.78 is 6.14. The maximum absolute atomic E-state index is 6.14. The standard InChI is InChI=1S/C20H16O/c1-3-15-10-7-13-19(17(15)4-2)21-20-14-8-11-16-9-5-6-12-18(16)20/h3-14H,1-2H2. The van der Waals surface area contributed by atoms with Gasteiger partial charge < -0.3 is 4.74 Å². The van der Waals surface area contributed by atoms with E-state index in [2.05, 4.69) is 31.4 Å². The van der Waals surface area contributed by atoms with Crippen LogP contribution in [0.1, 0.15) is 11.1 Å². The van der Waals surface area contributed by atoms with Gasteiger partial charge in [0, 0.05) is 10.9 Å². The first-order valence-electron chi connectivity index (χ1n) is 6.87. The monoisotopic (exact) mass is 272 g/mol. The summed E-state index contributed by atoms with van der Waals surface area (Å²) in [6.45, 7) is 7.71. The maximum Gasteiger partial charge on any atom is 0.135 e. The Morgan fingerprint density at radius 2 is 1.43 bits per heavy atom. The smallest absolute Gasteiger partial charge is 0.135 e. The lowest BCUT2D eigenvalue weighted by molar-refractivity contribution is 0.487. The average molecular weight is 272 g/mol. The first-order valence-corrected chi connectivity index (χ1v) is 6.87. The van der Waals surface area contributed by atoms with Crippen molar-refractivity contribution in [1.29, 1.82) is 0 Å². The molecule has 0 aliphatic heterocycles. The number of ether oxygens (including phenoxy) is 1. The summed E-state index contributed by atoms with van der Waals surface area (Å²) in [5.41, 5.74) is 1.98. The Bertz CT molecular complexity index is 810. The number of rotatable bonds is 4. The summed E-state index contributed by atoms with van der Waals surface area (Å²) in [7, 11) is 0. The molecule has 0 unspecified atom stereocenters. The van der Waals surface area contributed by atoms with E-state index in [1.807, 2.05) is 48.5 Å². The van der Waals surface area contributed by atoms with E-state index >= 15 is 0 Å². The molecule has 0 bridgehead atoms. The second-order valence-electron chi connectivity index (χ2n) is 4.75. The highest BCUT2D eigenvalue weighted by Gasteiger charge is 2.07. The fourth-order valence-electron chi connectivity index (χ4n) is 2.45. The second kappa shape index (κ2) is 5.68. The Hall–Kier alpha value is -2.80. The highest BCUT2D eigenvalue weighted by atomic mass is 16.5. The van der Waals surface area contributed by atoms with Gasteiger partial charge in [-0.25, -0.2) is 0 Å².